The van der Waals surface area contributed by atoms with Crippen LogP contribution in [0.3, 0.4) is 0 Å². The molecule has 1 heterocycles. The molecule has 1 aromatic carbocycles. The molecule has 0 N–H and O–H groups in total. The molecule has 1 unspecified atom stereocenters. The molecule has 0 aliphatic carbocycles. The molecule has 0 amide bonds. The Morgan fingerprint density at radius 3 is 2.39 bits per heavy atom. The van der Waals surface area contributed by atoms with Crippen LogP contribution in [0.1, 0.15) is 33.3 Å². The summed E-state index contributed by atoms with van der Waals surface area (Å²) in [5, 5.41) is 0.304. The Kier molecular flexibility index (Phi) is 5.32. The number of halogens is 2. The van der Waals surface area contributed by atoms with Gasteiger partial charge in [0.2, 0.25) is 0 Å². The Hall–Kier alpha value is -1.59. The van der Waals surface area contributed by atoms with E-state index in [9.17, 15) is 8.60 Å². The van der Waals surface area contributed by atoms with Gasteiger partial charge in [0.1, 0.15) is 22.0 Å². The average Bonchev–Trinajstić information content (AvgIpc) is 2.46. The molecule has 1 aromatic heterocycles. The number of nitrogens with zero attached hydrogens (tertiary/aromatic N) is 2. The van der Waals surface area contributed by atoms with Crippen molar-refractivity contribution in [3.8, 4) is 11.3 Å². The van der Waals surface area contributed by atoms with Crippen LogP contribution in [0.5, 0.6) is 0 Å². The molecule has 0 saturated heterocycles. The van der Waals surface area contributed by atoms with Gasteiger partial charge in [0.15, 0.2) is 0 Å². The molecule has 23 heavy (non-hydrogen) atoms. The number of benzene rings is 1. The molecule has 2 rings (SSSR count). The maximum atomic E-state index is 13.0. The minimum absolute atomic E-state index is 0.304. The topological polar surface area (TPSA) is 42.3 Å². The highest BCUT2D eigenvalue weighted by atomic mass is 35.5. The summed E-state index contributed by atoms with van der Waals surface area (Å²) in [6, 6.07) is 9.49. The van der Waals surface area contributed by atoms with Gasteiger partial charge in [-0.1, -0.05) is 11.6 Å². The Labute approximate surface area is 143 Å². The highest BCUT2D eigenvalue weighted by Gasteiger charge is 2.19. The first-order valence-electron chi connectivity index (χ1n) is 7.08. The monoisotopic (exact) mass is 352 g/mol. The number of hydrogen-bond acceptors (Lipinski definition) is 2. The van der Waals surface area contributed by atoms with E-state index >= 15 is 0 Å². The zero-order valence-corrected chi connectivity index (χ0v) is 15.0. The summed E-state index contributed by atoms with van der Waals surface area (Å²) >= 11 is 6.09. The molecule has 1 atom stereocenters. The van der Waals surface area contributed by atoms with Gasteiger partial charge in [0, 0.05) is 11.1 Å². The standard InChI is InChI=1S/C17H18ClFN2OS/c1-11(21-23(22)17(2,3)4)13-9-15(20-16(18)10-13)12-5-7-14(19)8-6-12/h5-10H,1-4H3. The van der Waals surface area contributed by atoms with E-state index in [0.717, 1.165) is 11.1 Å². The molecule has 6 heteroatoms. The van der Waals surface area contributed by atoms with Gasteiger partial charge < -0.3 is 0 Å². The number of rotatable bonds is 3. The fourth-order valence-corrected chi connectivity index (χ4v) is 2.62. The van der Waals surface area contributed by atoms with Crippen molar-refractivity contribution in [1.29, 1.82) is 0 Å². The van der Waals surface area contributed by atoms with E-state index in [1.807, 2.05) is 20.8 Å². The lowest BCUT2D eigenvalue weighted by molar-refractivity contribution is 0.628. The largest absolute Gasteiger partial charge is 0.236 e. The van der Waals surface area contributed by atoms with E-state index in [-0.39, 0.29) is 5.82 Å². The summed E-state index contributed by atoms with van der Waals surface area (Å²) in [5.74, 6) is -0.311. The predicted octanol–water partition coefficient (Wildman–Crippen LogP) is 4.81. The van der Waals surface area contributed by atoms with Crippen LogP contribution in [0, 0.1) is 5.82 Å². The van der Waals surface area contributed by atoms with E-state index < -0.39 is 15.7 Å². The van der Waals surface area contributed by atoms with E-state index in [4.69, 9.17) is 11.6 Å². The molecule has 0 radical (unpaired) electrons. The molecule has 0 aliphatic heterocycles. The van der Waals surface area contributed by atoms with Gasteiger partial charge in [-0.15, -0.1) is 0 Å². The highest BCUT2D eigenvalue weighted by molar-refractivity contribution is 7.85. The van der Waals surface area contributed by atoms with Gasteiger partial charge in [0.05, 0.1) is 16.2 Å². The van der Waals surface area contributed by atoms with Gasteiger partial charge in [-0.25, -0.2) is 13.6 Å². The highest BCUT2D eigenvalue weighted by Crippen LogP contribution is 2.23. The summed E-state index contributed by atoms with van der Waals surface area (Å²) in [6.07, 6.45) is 0. The van der Waals surface area contributed by atoms with Crippen molar-refractivity contribution in [3.63, 3.8) is 0 Å². The molecule has 3 nitrogen and oxygen atoms in total. The van der Waals surface area contributed by atoms with Crippen molar-refractivity contribution in [2.75, 3.05) is 0 Å². The Morgan fingerprint density at radius 1 is 1.22 bits per heavy atom. The maximum absolute atomic E-state index is 13.0. The lowest BCUT2D eigenvalue weighted by atomic mass is 10.1. The van der Waals surface area contributed by atoms with Crippen LogP contribution >= 0.6 is 11.6 Å². The van der Waals surface area contributed by atoms with E-state index in [0.29, 0.717) is 16.6 Å². The second-order valence-electron chi connectivity index (χ2n) is 6.11. The fraction of sp³-hybridized carbons (Fsp3) is 0.294. The quantitative estimate of drug-likeness (QED) is 0.587. The van der Waals surface area contributed by atoms with E-state index in [1.54, 1.807) is 31.2 Å². The third-order valence-electron chi connectivity index (χ3n) is 3.10. The maximum Gasteiger partial charge on any atom is 0.145 e. The van der Waals surface area contributed by atoms with E-state index in [2.05, 4.69) is 9.38 Å². The second-order valence-corrected chi connectivity index (χ2v) is 8.40. The van der Waals surface area contributed by atoms with Crippen molar-refractivity contribution < 1.29 is 8.60 Å². The molecule has 0 bridgehead atoms. The first-order chi connectivity index (χ1) is 10.7. The molecule has 2 aromatic rings. The minimum Gasteiger partial charge on any atom is -0.236 e. The van der Waals surface area contributed by atoms with Crippen LogP contribution in [-0.2, 0) is 11.0 Å². The molecule has 122 valence electrons. The van der Waals surface area contributed by atoms with E-state index in [1.165, 1.54) is 12.1 Å². The second kappa shape index (κ2) is 6.89. The first kappa shape index (κ1) is 17.8. The van der Waals surface area contributed by atoms with Gasteiger partial charge in [-0.2, -0.15) is 4.40 Å². The first-order valence-corrected chi connectivity index (χ1v) is 8.56. The van der Waals surface area contributed by atoms with Crippen LogP contribution in [0.4, 0.5) is 4.39 Å². The van der Waals surface area contributed by atoms with Crippen molar-refractivity contribution in [3.05, 3.63) is 52.9 Å². The smallest absolute Gasteiger partial charge is 0.145 e. The van der Waals surface area contributed by atoms with Crippen LogP contribution < -0.4 is 0 Å². The predicted molar refractivity (Wildman–Crippen MR) is 94.7 cm³/mol. The van der Waals surface area contributed by atoms with Crippen LogP contribution in [-0.4, -0.2) is 19.7 Å². The molecule has 0 spiro atoms. The minimum atomic E-state index is -1.35. The fourth-order valence-electron chi connectivity index (χ4n) is 1.79. The molecular formula is C17H18ClFN2OS. The number of hydrogen-bond donors (Lipinski definition) is 0. The van der Waals surface area contributed by atoms with Gasteiger partial charge in [-0.05, 0) is 64.1 Å². The molecule has 0 saturated carbocycles. The third-order valence-corrected chi connectivity index (χ3v) is 4.78. The van der Waals surface area contributed by atoms with Crippen LogP contribution in [0.15, 0.2) is 40.8 Å². The summed E-state index contributed by atoms with van der Waals surface area (Å²) in [5.41, 5.74) is 2.72. The Morgan fingerprint density at radius 2 is 1.83 bits per heavy atom. The van der Waals surface area contributed by atoms with Crippen LogP contribution in [0.2, 0.25) is 5.15 Å². The zero-order valence-electron chi connectivity index (χ0n) is 13.4. The number of aromatic nitrogens is 1. The van der Waals surface area contributed by atoms with Crippen LogP contribution in [0.25, 0.3) is 11.3 Å². The van der Waals surface area contributed by atoms with Crippen molar-refractivity contribution in [1.82, 2.24) is 4.98 Å². The molecular weight excluding hydrogens is 335 g/mol. The summed E-state index contributed by atoms with van der Waals surface area (Å²) in [6.45, 7) is 7.37. The molecule has 0 fully saturated rings. The summed E-state index contributed by atoms with van der Waals surface area (Å²) in [7, 11) is -1.35. The van der Waals surface area contributed by atoms with Crippen molar-refractivity contribution >= 4 is 28.3 Å². The summed E-state index contributed by atoms with van der Waals surface area (Å²) < 4.78 is 29.0. The SMILES string of the molecule is CC(=NS(=O)C(C)(C)C)c1cc(Cl)nc(-c2ccc(F)cc2)c1. The van der Waals surface area contributed by atoms with Gasteiger partial charge in [0.25, 0.3) is 0 Å². The summed E-state index contributed by atoms with van der Waals surface area (Å²) in [4.78, 5) is 4.26. The molecule has 0 aliphatic rings. The number of pyridine rings is 1. The van der Waals surface area contributed by atoms with Gasteiger partial charge in [-0.3, -0.25) is 0 Å². The Bertz CT molecular complexity index is 767. The van der Waals surface area contributed by atoms with Crippen molar-refractivity contribution in [2.24, 2.45) is 4.40 Å². The normalized spacial score (nSPS) is 13.9. The average molecular weight is 353 g/mol. The van der Waals surface area contributed by atoms with Crippen molar-refractivity contribution in [2.45, 2.75) is 32.4 Å². The third kappa shape index (κ3) is 4.69. The van der Waals surface area contributed by atoms with Gasteiger partial charge >= 0.3 is 0 Å². The Balaban J connectivity index is 2.43. The lowest BCUT2D eigenvalue weighted by Crippen LogP contribution is -2.20. The zero-order chi connectivity index (χ0) is 17.2. The lowest BCUT2D eigenvalue weighted by Gasteiger charge is -2.14.